The fraction of sp³-hybridized carbons (Fsp3) is 0.160. The van der Waals surface area contributed by atoms with Crippen molar-refractivity contribution in [2.24, 2.45) is 0 Å². The Morgan fingerprint density at radius 2 is 1.71 bits per heavy atom. The zero-order chi connectivity index (χ0) is 21.8. The number of rotatable bonds is 6. The van der Waals surface area contributed by atoms with Gasteiger partial charge < -0.3 is 10.1 Å². The van der Waals surface area contributed by atoms with E-state index in [2.05, 4.69) is 5.32 Å². The van der Waals surface area contributed by atoms with Gasteiger partial charge in [0.05, 0.1) is 10.9 Å². The van der Waals surface area contributed by atoms with E-state index >= 15 is 0 Å². The third kappa shape index (κ3) is 4.48. The first kappa shape index (κ1) is 20.3. The molecule has 1 heterocycles. The van der Waals surface area contributed by atoms with Crippen molar-refractivity contribution in [2.75, 3.05) is 11.9 Å². The Hall–Kier alpha value is -3.93. The highest BCUT2D eigenvalue weighted by atomic mass is 16.5. The van der Waals surface area contributed by atoms with Crippen LogP contribution < -0.4 is 15.6 Å². The highest BCUT2D eigenvalue weighted by Gasteiger charge is 2.12. The van der Waals surface area contributed by atoms with Crippen LogP contribution in [0.1, 0.15) is 12.5 Å². The molecule has 31 heavy (non-hydrogen) atoms. The maximum absolute atomic E-state index is 12.8. The number of hydrogen-bond acceptors (Lipinski definition) is 4. The molecule has 0 aliphatic carbocycles. The minimum atomic E-state index is -0.232. The topological polar surface area (TPSA) is 73.2 Å². The van der Waals surface area contributed by atoms with Crippen LogP contribution >= 0.6 is 0 Å². The van der Waals surface area contributed by atoms with E-state index < -0.39 is 0 Å². The lowest BCUT2D eigenvalue weighted by molar-refractivity contribution is -0.118. The predicted octanol–water partition coefficient (Wildman–Crippen LogP) is 4.41. The van der Waals surface area contributed by atoms with Gasteiger partial charge in [0, 0.05) is 17.8 Å². The van der Waals surface area contributed by atoms with E-state index in [9.17, 15) is 9.59 Å². The van der Waals surface area contributed by atoms with Crippen molar-refractivity contribution in [2.45, 2.75) is 20.4 Å². The first-order valence-electron chi connectivity index (χ1n) is 10.1. The number of carbonyl (C=O) groups is 1. The molecule has 4 rings (SSSR count). The van der Waals surface area contributed by atoms with Gasteiger partial charge in [0.25, 0.3) is 11.5 Å². The molecule has 0 radical (unpaired) electrons. The summed E-state index contributed by atoms with van der Waals surface area (Å²) in [6.07, 6.45) is 0. The van der Waals surface area contributed by atoms with Gasteiger partial charge in [-0.2, -0.15) is 0 Å². The third-order valence-corrected chi connectivity index (χ3v) is 5.00. The second-order valence-corrected chi connectivity index (χ2v) is 7.23. The lowest BCUT2D eigenvalue weighted by Gasteiger charge is -2.12. The summed E-state index contributed by atoms with van der Waals surface area (Å²) in [5.41, 5.74) is 3.27. The van der Waals surface area contributed by atoms with E-state index in [0.717, 1.165) is 16.8 Å². The zero-order valence-electron chi connectivity index (χ0n) is 17.5. The first-order valence-corrected chi connectivity index (χ1v) is 10.1. The number of anilines is 1. The zero-order valence-corrected chi connectivity index (χ0v) is 17.5. The lowest BCUT2D eigenvalue weighted by atomic mass is 10.1. The number of aryl methyl sites for hydroxylation is 1. The Morgan fingerprint density at radius 1 is 1.00 bits per heavy atom. The van der Waals surface area contributed by atoms with Crippen molar-refractivity contribution in [1.82, 2.24) is 9.55 Å². The van der Waals surface area contributed by atoms with Gasteiger partial charge >= 0.3 is 0 Å². The summed E-state index contributed by atoms with van der Waals surface area (Å²) in [5.74, 6) is 0.938. The van der Waals surface area contributed by atoms with Gasteiger partial charge in [-0.15, -0.1) is 0 Å². The van der Waals surface area contributed by atoms with Crippen LogP contribution in [0.2, 0.25) is 0 Å². The molecule has 0 saturated heterocycles. The second-order valence-electron chi connectivity index (χ2n) is 7.23. The second kappa shape index (κ2) is 8.83. The fourth-order valence-corrected chi connectivity index (χ4v) is 3.36. The summed E-state index contributed by atoms with van der Waals surface area (Å²) in [6, 6.07) is 22.1. The van der Waals surface area contributed by atoms with Gasteiger partial charge in [0.2, 0.25) is 0 Å². The van der Waals surface area contributed by atoms with Crippen LogP contribution in [0.25, 0.3) is 22.3 Å². The number of nitrogens with one attached hydrogen (secondary N) is 1. The molecule has 0 bridgehead atoms. The normalized spacial score (nSPS) is 10.8. The molecule has 6 heteroatoms. The summed E-state index contributed by atoms with van der Waals surface area (Å²) >= 11 is 0. The van der Waals surface area contributed by atoms with Crippen LogP contribution in [0.3, 0.4) is 0 Å². The van der Waals surface area contributed by atoms with Crippen LogP contribution in [-0.4, -0.2) is 22.1 Å². The number of hydrogen-bond donors (Lipinski definition) is 1. The highest BCUT2D eigenvalue weighted by Crippen LogP contribution is 2.22. The Balaban J connectivity index is 1.49. The molecule has 0 saturated carbocycles. The molecule has 0 fully saturated rings. The molecule has 0 atom stereocenters. The average Bonchev–Trinajstić information content (AvgIpc) is 2.79. The Bertz CT molecular complexity index is 1280. The number of nitrogens with zero attached hydrogens (tertiary/aromatic N) is 2. The molecule has 1 N–H and O–H groups in total. The average molecular weight is 413 g/mol. The number of amides is 1. The number of para-hydroxylation sites is 1. The van der Waals surface area contributed by atoms with Crippen LogP contribution in [0, 0.1) is 6.92 Å². The van der Waals surface area contributed by atoms with Gasteiger partial charge in [-0.3, -0.25) is 14.2 Å². The number of carbonyl (C=O) groups excluding carboxylic acids is 1. The summed E-state index contributed by atoms with van der Waals surface area (Å²) in [4.78, 5) is 29.6. The van der Waals surface area contributed by atoms with E-state index in [4.69, 9.17) is 9.72 Å². The maximum Gasteiger partial charge on any atom is 0.262 e. The van der Waals surface area contributed by atoms with E-state index in [1.54, 1.807) is 22.8 Å². The van der Waals surface area contributed by atoms with Crippen molar-refractivity contribution < 1.29 is 9.53 Å². The number of aromatic nitrogens is 2. The molecule has 4 aromatic rings. The molecule has 0 aliphatic heterocycles. The fourth-order valence-electron chi connectivity index (χ4n) is 3.36. The van der Waals surface area contributed by atoms with Gasteiger partial charge in [0.15, 0.2) is 6.61 Å². The van der Waals surface area contributed by atoms with Crippen LogP contribution in [0.5, 0.6) is 5.75 Å². The van der Waals surface area contributed by atoms with Crippen molar-refractivity contribution in [1.29, 1.82) is 0 Å². The molecule has 0 unspecified atom stereocenters. The summed E-state index contributed by atoms with van der Waals surface area (Å²) in [5, 5.41) is 3.41. The van der Waals surface area contributed by atoms with Crippen LogP contribution in [0.4, 0.5) is 5.69 Å². The Labute approximate surface area is 180 Å². The van der Waals surface area contributed by atoms with Gasteiger partial charge in [0.1, 0.15) is 11.6 Å². The predicted molar refractivity (Wildman–Crippen MR) is 122 cm³/mol. The van der Waals surface area contributed by atoms with Gasteiger partial charge in [-0.05, 0) is 62.4 Å². The van der Waals surface area contributed by atoms with Gasteiger partial charge in [-0.1, -0.05) is 29.8 Å². The lowest BCUT2D eigenvalue weighted by Crippen LogP contribution is -2.22. The molecular formula is C25H23N3O3. The first-order chi connectivity index (χ1) is 15.0. The van der Waals surface area contributed by atoms with Crippen molar-refractivity contribution in [3.05, 3.63) is 88.7 Å². The standard InChI is InChI=1S/C25H23N3O3/c1-3-28-24(27-22-7-5-4-6-21(22)25(28)30)18-10-14-20(15-11-18)31-16-23(29)26-19-12-8-17(2)9-13-19/h4-15H,3,16H2,1-2H3,(H,26,29). The molecular weight excluding hydrogens is 390 g/mol. The maximum atomic E-state index is 12.8. The number of benzene rings is 3. The molecule has 1 aromatic heterocycles. The minimum absolute atomic E-state index is 0.0591. The van der Waals surface area contributed by atoms with E-state index in [0.29, 0.717) is 29.0 Å². The molecule has 0 spiro atoms. The smallest absolute Gasteiger partial charge is 0.262 e. The summed E-state index contributed by atoms with van der Waals surface area (Å²) in [6.45, 7) is 4.34. The Morgan fingerprint density at radius 3 is 2.42 bits per heavy atom. The number of fused-ring (bicyclic) bond motifs is 1. The summed E-state index contributed by atoms with van der Waals surface area (Å²) < 4.78 is 7.26. The van der Waals surface area contributed by atoms with Crippen molar-refractivity contribution >= 4 is 22.5 Å². The van der Waals surface area contributed by atoms with Gasteiger partial charge in [-0.25, -0.2) is 4.98 Å². The molecule has 156 valence electrons. The quantitative estimate of drug-likeness (QED) is 0.508. The highest BCUT2D eigenvalue weighted by molar-refractivity contribution is 5.91. The van der Waals surface area contributed by atoms with E-state index in [-0.39, 0.29) is 18.1 Å². The minimum Gasteiger partial charge on any atom is -0.484 e. The van der Waals surface area contributed by atoms with E-state index in [1.165, 1.54) is 0 Å². The molecule has 3 aromatic carbocycles. The number of ether oxygens (including phenoxy) is 1. The van der Waals surface area contributed by atoms with E-state index in [1.807, 2.05) is 68.4 Å². The molecule has 0 aliphatic rings. The summed E-state index contributed by atoms with van der Waals surface area (Å²) in [7, 11) is 0. The van der Waals surface area contributed by atoms with Crippen LogP contribution in [-0.2, 0) is 11.3 Å². The molecule has 1 amide bonds. The van der Waals surface area contributed by atoms with Crippen molar-refractivity contribution in [3.63, 3.8) is 0 Å². The monoisotopic (exact) mass is 413 g/mol. The SMILES string of the molecule is CCn1c(-c2ccc(OCC(=O)Nc3ccc(C)cc3)cc2)nc2ccccc2c1=O. The van der Waals surface area contributed by atoms with Crippen LogP contribution in [0.15, 0.2) is 77.6 Å². The molecule has 6 nitrogen and oxygen atoms in total. The Kier molecular flexibility index (Phi) is 5.80. The van der Waals surface area contributed by atoms with Crippen molar-refractivity contribution in [3.8, 4) is 17.1 Å². The third-order valence-electron chi connectivity index (χ3n) is 5.00. The largest absolute Gasteiger partial charge is 0.484 e.